The first-order chi connectivity index (χ1) is 16.5. The highest BCUT2D eigenvalue weighted by Gasteiger charge is 2.42. The minimum absolute atomic E-state index is 0.0830. The average Bonchev–Trinajstić information content (AvgIpc) is 3.40. The first-order valence-electron chi connectivity index (χ1n) is 11.4. The normalized spacial score (nSPS) is 17.6. The Labute approximate surface area is 206 Å². The number of ether oxygens (including phenoxy) is 1. The molecule has 4 aromatic rings. The third-order valence-corrected chi connectivity index (χ3v) is 6.92. The molecule has 0 amide bonds. The van der Waals surface area contributed by atoms with Crippen molar-refractivity contribution in [3.05, 3.63) is 107 Å². The van der Waals surface area contributed by atoms with Crippen molar-refractivity contribution in [2.75, 3.05) is 12.0 Å². The molecule has 172 valence electrons. The number of nitrogens with one attached hydrogen (secondary N) is 1. The van der Waals surface area contributed by atoms with Crippen molar-refractivity contribution in [3.63, 3.8) is 0 Å². The monoisotopic (exact) mass is 468 g/mol. The van der Waals surface area contributed by atoms with Crippen molar-refractivity contribution in [3.8, 4) is 11.4 Å². The largest absolute Gasteiger partial charge is 0.497 e. The van der Waals surface area contributed by atoms with E-state index in [0.717, 1.165) is 34.2 Å². The second-order valence-corrected chi connectivity index (χ2v) is 9.08. The molecule has 1 aliphatic heterocycles. The van der Waals surface area contributed by atoms with Gasteiger partial charge in [-0.3, -0.25) is 4.98 Å². The van der Waals surface area contributed by atoms with Crippen LogP contribution in [0.15, 0.2) is 79.0 Å². The molecule has 5 nitrogen and oxygen atoms in total. The van der Waals surface area contributed by atoms with Crippen molar-refractivity contribution in [1.82, 2.24) is 14.9 Å². The summed E-state index contributed by atoms with van der Waals surface area (Å²) in [4.78, 5) is 6.92. The van der Waals surface area contributed by atoms with E-state index in [0.29, 0.717) is 5.11 Å². The zero-order chi connectivity index (χ0) is 23.8. The van der Waals surface area contributed by atoms with E-state index >= 15 is 0 Å². The minimum Gasteiger partial charge on any atom is -0.497 e. The van der Waals surface area contributed by atoms with Gasteiger partial charge in [-0.15, -0.1) is 0 Å². The molecule has 0 bridgehead atoms. The topological polar surface area (TPSA) is 42.3 Å². The number of methoxy groups -OCH3 is 1. The molecule has 3 heterocycles. The van der Waals surface area contributed by atoms with Crippen LogP contribution < -0.4 is 15.0 Å². The third kappa shape index (κ3) is 3.84. The summed E-state index contributed by atoms with van der Waals surface area (Å²) in [6.07, 6.45) is 1.84. The molecule has 2 aromatic heterocycles. The second-order valence-electron chi connectivity index (χ2n) is 8.70. The maximum atomic E-state index is 5.91. The van der Waals surface area contributed by atoms with Crippen LogP contribution in [0.1, 0.15) is 40.3 Å². The Morgan fingerprint density at radius 1 is 0.882 bits per heavy atom. The van der Waals surface area contributed by atoms with Gasteiger partial charge in [-0.25, -0.2) is 0 Å². The minimum atomic E-state index is -0.0957. The van der Waals surface area contributed by atoms with Crippen LogP contribution in [0, 0.1) is 20.8 Å². The number of hydrogen-bond donors (Lipinski definition) is 1. The molecule has 1 N–H and O–H groups in total. The lowest BCUT2D eigenvalue weighted by atomic mass is 10.00. The van der Waals surface area contributed by atoms with Crippen LogP contribution in [-0.2, 0) is 0 Å². The van der Waals surface area contributed by atoms with Crippen LogP contribution >= 0.6 is 12.2 Å². The molecular formula is C28H28N4OS. The molecule has 0 aliphatic carbocycles. The molecule has 1 saturated heterocycles. The van der Waals surface area contributed by atoms with Gasteiger partial charge in [0.15, 0.2) is 5.11 Å². The number of aromatic nitrogens is 2. The standard InChI is InChI=1S/C28H28N4OS/c1-18-8-10-22(17-19(18)2)32-27(26(30-28(32)34)24-7-5-6-16-29-24)25-15-9-20(3)31(25)21-11-13-23(33-4)14-12-21/h5-17,26-27H,1-4H3,(H,30,34)/t26-,27-/m0/s1. The van der Waals surface area contributed by atoms with E-state index in [1.165, 1.54) is 11.1 Å². The number of aryl methyl sites for hydroxylation is 3. The lowest BCUT2D eigenvalue weighted by Gasteiger charge is -2.29. The van der Waals surface area contributed by atoms with Crippen LogP contribution in [-0.4, -0.2) is 21.8 Å². The summed E-state index contributed by atoms with van der Waals surface area (Å²) >= 11 is 5.91. The van der Waals surface area contributed by atoms with Gasteiger partial charge >= 0.3 is 0 Å². The van der Waals surface area contributed by atoms with Gasteiger partial charge in [0.1, 0.15) is 11.8 Å². The Morgan fingerprint density at radius 3 is 2.32 bits per heavy atom. The summed E-state index contributed by atoms with van der Waals surface area (Å²) < 4.78 is 7.67. The van der Waals surface area contributed by atoms with Crippen LogP contribution in [0.25, 0.3) is 5.69 Å². The summed E-state index contributed by atoms with van der Waals surface area (Å²) in [5.74, 6) is 0.835. The van der Waals surface area contributed by atoms with Crippen LogP contribution in [0.5, 0.6) is 5.75 Å². The van der Waals surface area contributed by atoms with E-state index in [1.54, 1.807) is 7.11 Å². The molecule has 34 heavy (non-hydrogen) atoms. The Hall–Kier alpha value is -3.64. The fraction of sp³-hybridized carbons (Fsp3) is 0.214. The van der Waals surface area contributed by atoms with Gasteiger partial charge in [0.05, 0.1) is 18.8 Å². The number of anilines is 1. The highest BCUT2D eigenvalue weighted by atomic mass is 32.1. The highest BCUT2D eigenvalue weighted by molar-refractivity contribution is 7.80. The summed E-state index contributed by atoms with van der Waals surface area (Å²) in [5.41, 5.74) is 7.90. The summed E-state index contributed by atoms with van der Waals surface area (Å²) in [7, 11) is 1.69. The van der Waals surface area contributed by atoms with Gasteiger partial charge in [-0.1, -0.05) is 12.1 Å². The molecule has 6 heteroatoms. The van der Waals surface area contributed by atoms with Crippen molar-refractivity contribution >= 4 is 23.0 Å². The number of benzene rings is 2. The maximum absolute atomic E-state index is 5.91. The van der Waals surface area contributed by atoms with E-state index in [9.17, 15) is 0 Å². The molecule has 1 aliphatic rings. The number of thiocarbonyl (C=S) groups is 1. The Morgan fingerprint density at radius 2 is 1.65 bits per heavy atom. The van der Waals surface area contributed by atoms with Crippen molar-refractivity contribution in [2.24, 2.45) is 0 Å². The first kappa shape index (κ1) is 22.2. The van der Waals surface area contributed by atoms with Crippen LogP contribution in [0.3, 0.4) is 0 Å². The number of nitrogens with zero attached hydrogens (tertiary/aromatic N) is 3. The van der Waals surface area contributed by atoms with Gasteiger partial charge in [-0.2, -0.15) is 0 Å². The highest BCUT2D eigenvalue weighted by Crippen LogP contribution is 2.43. The molecule has 0 spiro atoms. The quantitative estimate of drug-likeness (QED) is 0.365. The molecule has 2 atom stereocenters. The average molecular weight is 469 g/mol. The summed E-state index contributed by atoms with van der Waals surface area (Å²) in [6, 6.07) is 24.9. The van der Waals surface area contributed by atoms with Crippen LogP contribution in [0.2, 0.25) is 0 Å². The smallest absolute Gasteiger partial charge is 0.174 e. The zero-order valence-electron chi connectivity index (χ0n) is 19.8. The number of rotatable bonds is 5. The van der Waals surface area contributed by atoms with Gasteiger partial charge in [-0.05, 0) is 105 Å². The Bertz CT molecular complexity index is 1330. The second kappa shape index (κ2) is 8.95. The third-order valence-electron chi connectivity index (χ3n) is 6.61. The summed E-state index contributed by atoms with van der Waals surface area (Å²) in [6.45, 7) is 6.40. The van der Waals surface area contributed by atoms with E-state index in [1.807, 2.05) is 30.5 Å². The molecule has 0 saturated carbocycles. The van der Waals surface area contributed by atoms with Crippen molar-refractivity contribution < 1.29 is 4.74 Å². The molecule has 5 rings (SSSR count). The fourth-order valence-corrected chi connectivity index (χ4v) is 5.03. The zero-order valence-corrected chi connectivity index (χ0v) is 20.6. The number of pyridine rings is 1. The van der Waals surface area contributed by atoms with E-state index in [-0.39, 0.29) is 12.1 Å². The molecule has 0 radical (unpaired) electrons. The number of hydrogen-bond acceptors (Lipinski definition) is 3. The van der Waals surface area contributed by atoms with Gasteiger partial charge in [0.2, 0.25) is 0 Å². The van der Waals surface area contributed by atoms with Crippen LogP contribution in [0.4, 0.5) is 5.69 Å². The van der Waals surface area contributed by atoms with Gasteiger partial charge < -0.3 is 19.5 Å². The lowest BCUT2D eigenvalue weighted by Crippen LogP contribution is -2.30. The molecular weight excluding hydrogens is 440 g/mol. The molecule has 0 unspecified atom stereocenters. The predicted octanol–water partition coefficient (Wildman–Crippen LogP) is 5.98. The van der Waals surface area contributed by atoms with E-state index < -0.39 is 0 Å². The first-order valence-corrected chi connectivity index (χ1v) is 11.8. The summed E-state index contributed by atoms with van der Waals surface area (Å²) in [5, 5.41) is 4.27. The predicted molar refractivity (Wildman–Crippen MR) is 141 cm³/mol. The molecule has 2 aromatic carbocycles. The Balaban J connectivity index is 1.69. The maximum Gasteiger partial charge on any atom is 0.174 e. The van der Waals surface area contributed by atoms with Crippen molar-refractivity contribution in [1.29, 1.82) is 0 Å². The molecule has 1 fully saturated rings. The van der Waals surface area contributed by atoms with E-state index in [4.69, 9.17) is 17.0 Å². The Kier molecular flexibility index (Phi) is 5.84. The van der Waals surface area contributed by atoms with Gasteiger partial charge in [0.25, 0.3) is 0 Å². The fourth-order valence-electron chi connectivity index (χ4n) is 4.68. The lowest BCUT2D eigenvalue weighted by molar-refractivity contribution is 0.414. The van der Waals surface area contributed by atoms with Gasteiger partial charge in [0, 0.05) is 29.0 Å². The van der Waals surface area contributed by atoms with E-state index in [2.05, 4.69) is 89.1 Å². The van der Waals surface area contributed by atoms with Crippen molar-refractivity contribution in [2.45, 2.75) is 32.9 Å². The SMILES string of the molecule is COc1ccc(-n2c(C)ccc2[C@H]2[C@H](c3ccccn3)NC(=S)N2c2ccc(C)c(C)c2)cc1.